The van der Waals surface area contributed by atoms with Gasteiger partial charge >= 0.3 is 0 Å². The Morgan fingerprint density at radius 1 is 1.28 bits per heavy atom. The van der Waals surface area contributed by atoms with Crippen molar-refractivity contribution in [1.29, 1.82) is 0 Å². The Bertz CT molecular complexity index is 378. The quantitative estimate of drug-likeness (QED) is 0.889. The fraction of sp³-hybridized carbons (Fsp3) is 0.571. The molecule has 0 unspecified atom stereocenters. The summed E-state index contributed by atoms with van der Waals surface area (Å²) in [5.41, 5.74) is 7.99. The molecular weight excluding hydrogens is 248 g/mol. The van der Waals surface area contributed by atoms with Crippen molar-refractivity contribution in [2.45, 2.75) is 19.4 Å². The number of rotatable bonds is 5. The van der Waals surface area contributed by atoms with Gasteiger partial charge in [-0.3, -0.25) is 4.90 Å². The van der Waals surface area contributed by atoms with Crippen molar-refractivity contribution in [3.05, 3.63) is 34.3 Å². The largest absolute Gasteiger partial charge is 0.379 e. The zero-order valence-corrected chi connectivity index (χ0v) is 11.5. The summed E-state index contributed by atoms with van der Waals surface area (Å²) >= 11 is 6.34. The third kappa shape index (κ3) is 3.95. The van der Waals surface area contributed by atoms with Gasteiger partial charge in [-0.25, -0.2) is 0 Å². The van der Waals surface area contributed by atoms with Gasteiger partial charge in [-0.1, -0.05) is 23.7 Å². The Morgan fingerprint density at radius 2 is 2.06 bits per heavy atom. The lowest BCUT2D eigenvalue weighted by Crippen LogP contribution is -2.35. The average molecular weight is 269 g/mol. The molecule has 1 heterocycles. The molecule has 0 radical (unpaired) electrons. The number of aryl methyl sites for hydroxylation is 1. The van der Waals surface area contributed by atoms with Crippen LogP contribution in [0.3, 0.4) is 0 Å². The van der Waals surface area contributed by atoms with E-state index in [2.05, 4.69) is 23.1 Å². The number of hydrogen-bond acceptors (Lipinski definition) is 3. The molecule has 1 aliphatic heterocycles. The van der Waals surface area contributed by atoms with E-state index in [-0.39, 0.29) is 0 Å². The number of benzene rings is 1. The molecule has 100 valence electrons. The number of ether oxygens (including phenoxy) is 1. The van der Waals surface area contributed by atoms with E-state index in [1.165, 1.54) is 11.1 Å². The molecule has 0 spiro atoms. The highest BCUT2D eigenvalue weighted by atomic mass is 35.5. The van der Waals surface area contributed by atoms with E-state index in [1.807, 2.05) is 0 Å². The molecule has 2 rings (SSSR count). The SMILES string of the molecule is NCCCc1ccc(CN2CCOCC2)c(Cl)c1. The molecule has 0 aliphatic carbocycles. The fourth-order valence-electron chi connectivity index (χ4n) is 2.18. The Labute approximate surface area is 114 Å². The second kappa shape index (κ2) is 7.10. The highest BCUT2D eigenvalue weighted by Gasteiger charge is 2.12. The maximum absolute atomic E-state index is 6.34. The Morgan fingerprint density at radius 3 is 2.72 bits per heavy atom. The van der Waals surface area contributed by atoms with Gasteiger partial charge in [0.25, 0.3) is 0 Å². The lowest BCUT2D eigenvalue weighted by molar-refractivity contribution is 0.0342. The molecule has 2 N–H and O–H groups in total. The van der Waals surface area contributed by atoms with Crippen LogP contribution in [-0.2, 0) is 17.7 Å². The monoisotopic (exact) mass is 268 g/mol. The molecule has 18 heavy (non-hydrogen) atoms. The van der Waals surface area contributed by atoms with Crippen LogP contribution >= 0.6 is 11.6 Å². The minimum atomic E-state index is 0.729. The van der Waals surface area contributed by atoms with Gasteiger partial charge in [0.2, 0.25) is 0 Å². The molecule has 1 fully saturated rings. The standard InChI is InChI=1S/C14H21ClN2O/c15-14-10-12(2-1-5-16)3-4-13(14)11-17-6-8-18-9-7-17/h3-4,10H,1-2,5-9,11,16H2. The van der Waals surface area contributed by atoms with Crippen molar-refractivity contribution < 1.29 is 4.74 Å². The molecule has 4 heteroatoms. The van der Waals surface area contributed by atoms with Crippen LogP contribution in [0, 0.1) is 0 Å². The highest BCUT2D eigenvalue weighted by Crippen LogP contribution is 2.20. The molecule has 1 aromatic rings. The van der Waals surface area contributed by atoms with Gasteiger partial charge in [-0.05, 0) is 36.6 Å². The predicted octanol–water partition coefficient (Wildman–Crippen LogP) is 2.06. The summed E-state index contributed by atoms with van der Waals surface area (Å²) < 4.78 is 5.34. The lowest BCUT2D eigenvalue weighted by atomic mass is 10.1. The third-order valence-electron chi connectivity index (χ3n) is 3.28. The van der Waals surface area contributed by atoms with E-state index < -0.39 is 0 Å². The molecule has 0 amide bonds. The smallest absolute Gasteiger partial charge is 0.0594 e. The number of hydrogen-bond donors (Lipinski definition) is 1. The normalized spacial score (nSPS) is 17.0. The molecule has 0 saturated carbocycles. The van der Waals surface area contributed by atoms with Gasteiger partial charge in [0, 0.05) is 24.7 Å². The first-order chi connectivity index (χ1) is 8.79. The van der Waals surface area contributed by atoms with Crippen LogP contribution in [0.15, 0.2) is 18.2 Å². The summed E-state index contributed by atoms with van der Waals surface area (Å²) in [4.78, 5) is 2.38. The van der Waals surface area contributed by atoms with Crippen molar-refractivity contribution in [1.82, 2.24) is 4.90 Å². The minimum absolute atomic E-state index is 0.729. The number of halogens is 1. The van der Waals surface area contributed by atoms with E-state index in [4.69, 9.17) is 22.1 Å². The molecule has 0 bridgehead atoms. The van der Waals surface area contributed by atoms with E-state index in [0.717, 1.165) is 57.3 Å². The van der Waals surface area contributed by atoms with Crippen molar-refractivity contribution in [2.24, 2.45) is 5.73 Å². The molecule has 0 atom stereocenters. The van der Waals surface area contributed by atoms with Gasteiger partial charge in [0.1, 0.15) is 0 Å². The van der Waals surface area contributed by atoms with Gasteiger partial charge in [-0.15, -0.1) is 0 Å². The highest BCUT2D eigenvalue weighted by molar-refractivity contribution is 6.31. The van der Waals surface area contributed by atoms with Gasteiger partial charge in [-0.2, -0.15) is 0 Å². The van der Waals surface area contributed by atoms with Crippen LogP contribution in [0.4, 0.5) is 0 Å². The van der Waals surface area contributed by atoms with Crippen LogP contribution in [0.1, 0.15) is 17.5 Å². The van der Waals surface area contributed by atoms with Crippen molar-refractivity contribution in [3.8, 4) is 0 Å². The maximum Gasteiger partial charge on any atom is 0.0594 e. The van der Waals surface area contributed by atoms with E-state index in [0.29, 0.717) is 0 Å². The Kier molecular flexibility index (Phi) is 5.45. The zero-order valence-electron chi connectivity index (χ0n) is 10.7. The Balaban J connectivity index is 1.95. The van der Waals surface area contributed by atoms with Crippen LogP contribution < -0.4 is 5.73 Å². The van der Waals surface area contributed by atoms with Crippen LogP contribution in [0.5, 0.6) is 0 Å². The second-order valence-corrected chi connectivity index (χ2v) is 5.11. The minimum Gasteiger partial charge on any atom is -0.379 e. The van der Waals surface area contributed by atoms with Crippen molar-refractivity contribution >= 4 is 11.6 Å². The summed E-state index contributed by atoms with van der Waals surface area (Å²) in [6.45, 7) is 5.28. The molecule has 0 aromatic heterocycles. The first-order valence-corrected chi connectivity index (χ1v) is 6.95. The number of nitrogens with zero attached hydrogens (tertiary/aromatic N) is 1. The summed E-state index contributed by atoms with van der Waals surface area (Å²) in [7, 11) is 0. The average Bonchev–Trinajstić information content (AvgIpc) is 2.40. The third-order valence-corrected chi connectivity index (χ3v) is 3.64. The zero-order chi connectivity index (χ0) is 12.8. The molecule has 1 saturated heterocycles. The fourth-order valence-corrected chi connectivity index (χ4v) is 2.44. The number of morpholine rings is 1. The molecule has 1 aliphatic rings. The van der Waals surface area contributed by atoms with Gasteiger partial charge in [0.05, 0.1) is 13.2 Å². The second-order valence-electron chi connectivity index (χ2n) is 4.71. The summed E-state index contributed by atoms with van der Waals surface area (Å²) in [5, 5.41) is 0.871. The molecule has 1 aromatic carbocycles. The van der Waals surface area contributed by atoms with E-state index in [1.54, 1.807) is 0 Å². The Hall–Kier alpha value is -0.610. The van der Waals surface area contributed by atoms with Crippen LogP contribution in [-0.4, -0.2) is 37.7 Å². The van der Waals surface area contributed by atoms with Crippen LogP contribution in [0.25, 0.3) is 0 Å². The summed E-state index contributed by atoms with van der Waals surface area (Å²) in [6, 6.07) is 6.38. The maximum atomic E-state index is 6.34. The van der Waals surface area contributed by atoms with Gasteiger partial charge < -0.3 is 10.5 Å². The van der Waals surface area contributed by atoms with E-state index >= 15 is 0 Å². The number of nitrogens with two attached hydrogens (primary N) is 1. The van der Waals surface area contributed by atoms with Gasteiger partial charge in [0.15, 0.2) is 0 Å². The summed E-state index contributed by atoms with van der Waals surface area (Å²) in [5.74, 6) is 0. The first-order valence-electron chi connectivity index (χ1n) is 6.57. The predicted molar refractivity (Wildman–Crippen MR) is 74.9 cm³/mol. The van der Waals surface area contributed by atoms with Crippen molar-refractivity contribution in [2.75, 3.05) is 32.8 Å². The van der Waals surface area contributed by atoms with E-state index in [9.17, 15) is 0 Å². The lowest BCUT2D eigenvalue weighted by Gasteiger charge is -2.27. The molecule has 3 nitrogen and oxygen atoms in total. The van der Waals surface area contributed by atoms with Crippen LogP contribution in [0.2, 0.25) is 5.02 Å². The first kappa shape index (κ1) is 13.8. The molecular formula is C14H21ClN2O. The van der Waals surface area contributed by atoms with Crippen molar-refractivity contribution in [3.63, 3.8) is 0 Å². The topological polar surface area (TPSA) is 38.5 Å². The summed E-state index contributed by atoms with van der Waals surface area (Å²) in [6.07, 6.45) is 2.02.